The monoisotopic (exact) mass is 303 g/mol. The van der Waals surface area contributed by atoms with Crippen molar-refractivity contribution in [3.8, 4) is 0 Å². The Morgan fingerprint density at radius 1 is 1.45 bits per heavy atom. The molecule has 0 fully saturated rings. The van der Waals surface area contributed by atoms with Crippen molar-refractivity contribution >= 4 is 23.6 Å². The van der Waals surface area contributed by atoms with Gasteiger partial charge in [-0.1, -0.05) is 0 Å². The molecule has 0 radical (unpaired) electrons. The van der Waals surface area contributed by atoms with Crippen molar-refractivity contribution in [2.75, 3.05) is 11.9 Å². The molecule has 0 aliphatic carbocycles. The van der Waals surface area contributed by atoms with E-state index < -0.39 is 11.9 Å². The van der Waals surface area contributed by atoms with Crippen LogP contribution in [0.5, 0.6) is 0 Å². The molecule has 0 aromatic carbocycles. The molecule has 116 valence electrons. The summed E-state index contributed by atoms with van der Waals surface area (Å²) in [5.41, 5.74) is 2.17. The Morgan fingerprint density at radius 3 is 2.82 bits per heavy atom. The molecular formula is C15H17N3O4. The molecule has 0 aliphatic heterocycles. The number of esters is 1. The van der Waals surface area contributed by atoms with Gasteiger partial charge in [0.25, 0.3) is 5.91 Å². The van der Waals surface area contributed by atoms with E-state index in [2.05, 4.69) is 10.4 Å². The summed E-state index contributed by atoms with van der Waals surface area (Å²) < 4.78 is 11.6. The van der Waals surface area contributed by atoms with Crippen molar-refractivity contribution in [1.29, 1.82) is 0 Å². The van der Waals surface area contributed by atoms with Gasteiger partial charge in [0, 0.05) is 13.1 Å². The quantitative estimate of drug-likeness (QED) is 0.672. The summed E-state index contributed by atoms with van der Waals surface area (Å²) in [5.74, 6) is -0.506. The highest BCUT2D eigenvalue weighted by Crippen LogP contribution is 2.17. The predicted molar refractivity (Wildman–Crippen MR) is 80.0 cm³/mol. The number of nitrogens with one attached hydrogen (secondary N) is 1. The second-order valence-electron chi connectivity index (χ2n) is 4.67. The Hall–Kier alpha value is -2.83. The number of rotatable bonds is 5. The average Bonchev–Trinajstić information content (AvgIpc) is 3.07. The Labute approximate surface area is 127 Å². The number of aromatic nitrogens is 2. The molecular weight excluding hydrogens is 286 g/mol. The SMILES string of the molecule is Cc1nn(C)c(C)c1NC(=O)COC(=O)/C=C/c1ccco1. The topological polar surface area (TPSA) is 86.4 Å². The van der Waals surface area contributed by atoms with E-state index in [1.54, 1.807) is 30.8 Å². The molecule has 1 N–H and O–H groups in total. The number of carbonyl (C=O) groups is 2. The van der Waals surface area contributed by atoms with Crippen LogP contribution in [0, 0.1) is 13.8 Å². The summed E-state index contributed by atoms with van der Waals surface area (Å²) in [6.07, 6.45) is 4.17. The second-order valence-corrected chi connectivity index (χ2v) is 4.67. The number of hydrogen-bond acceptors (Lipinski definition) is 5. The molecule has 0 bridgehead atoms. The highest BCUT2D eigenvalue weighted by atomic mass is 16.5. The summed E-state index contributed by atoms with van der Waals surface area (Å²) in [6.45, 7) is 3.27. The molecule has 0 saturated heterocycles. The van der Waals surface area contributed by atoms with Crippen LogP contribution in [0.25, 0.3) is 6.08 Å². The first-order valence-corrected chi connectivity index (χ1v) is 6.65. The molecule has 7 heteroatoms. The summed E-state index contributed by atoms with van der Waals surface area (Å²) in [7, 11) is 1.79. The molecule has 7 nitrogen and oxygen atoms in total. The molecule has 22 heavy (non-hydrogen) atoms. The van der Waals surface area contributed by atoms with Crippen LogP contribution in [0.2, 0.25) is 0 Å². The van der Waals surface area contributed by atoms with Crippen molar-refractivity contribution in [2.45, 2.75) is 13.8 Å². The normalized spacial score (nSPS) is 10.9. The van der Waals surface area contributed by atoms with Crippen LogP contribution in [0.15, 0.2) is 28.9 Å². The molecule has 0 unspecified atom stereocenters. The third-order valence-electron chi connectivity index (χ3n) is 3.05. The molecule has 2 aromatic heterocycles. The fourth-order valence-electron chi connectivity index (χ4n) is 1.85. The molecule has 0 saturated carbocycles. The van der Waals surface area contributed by atoms with Crippen molar-refractivity contribution in [2.24, 2.45) is 7.05 Å². The molecule has 0 spiro atoms. The summed E-state index contributed by atoms with van der Waals surface area (Å²) in [5, 5.41) is 6.87. The number of ether oxygens (including phenoxy) is 1. The van der Waals surface area contributed by atoms with Crippen LogP contribution >= 0.6 is 0 Å². The van der Waals surface area contributed by atoms with E-state index in [0.29, 0.717) is 17.1 Å². The predicted octanol–water partition coefficient (Wildman–Crippen LogP) is 1.83. The van der Waals surface area contributed by atoms with Crippen LogP contribution < -0.4 is 5.32 Å². The van der Waals surface area contributed by atoms with Crippen LogP contribution in [0.3, 0.4) is 0 Å². The van der Waals surface area contributed by atoms with E-state index in [1.807, 2.05) is 6.92 Å². The zero-order valence-electron chi connectivity index (χ0n) is 12.6. The average molecular weight is 303 g/mol. The third kappa shape index (κ3) is 3.85. The lowest BCUT2D eigenvalue weighted by molar-refractivity contribution is -0.142. The van der Waals surface area contributed by atoms with Crippen molar-refractivity contribution < 1.29 is 18.7 Å². The van der Waals surface area contributed by atoms with Crippen LogP contribution in [-0.2, 0) is 21.4 Å². The first-order valence-electron chi connectivity index (χ1n) is 6.65. The Balaban J connectivity index is 1.84. The number of aryl methyl sites for hydroxylation is 2. The lowest BCUT2D eigenvalue weighted by Crippen LogP contribution is -2.20. The molecule has 2 rings (SSSR count). The summed E-state index contributed by atoms with van der Waals surface area (Å²) in [6, 6.07) is 3.40. The van der Waals surface area contributed by atoms with E-state index in [0.717, 1.165) is 5.69 Å². The van der Waals surface area contributed by atoms with Gasteiger partial charge in [0.1, 0.15) is 5.76 Å². The standard InChI is InChI=1S/C15H17N3O4/c1-10-15(11(2)18(3)17-10)16-13(19)9-22-14(20)7-6-12-5-4-8-21-12/h4-8H,9H2,1-3H3,(H,16,19)/b7-6+. The van der Waals surface area contributed by atoms with Gasteiger partial charge in [0.15, 0.2) is 6.61 Å². The van der Waals surface area contributed by atoms with Gasteiger partial charge in [-0.05, 0) is 32.1 Å². The maximum Gasteiger partial charge on any atom is 0.331 e. The van der Waals surface area contributed by atoms with Gasteiger partial charge in [-0.15, -0.1) is 0 Å². The number of nitrogens with zero attached hydrogens (tertiary/aromatic N) is 2. The van der Waals surface area contributed by atoms with Crippen LogP contribution in [0.4, 0.5) is 5.69 Å². The fraction of sp³-hybridized carbons (Fsp3) is 0.267. The number of furan rings is 1. The van der Waals surface area contributed by atoms with E-state index in [-0.39, 0.29) is 6.61 Å². The van der Waals surface area contributed by atoms with Gasteiger partial charge in [-0.3, -0.25) is 9.48 Å². The molecule has 0 atom stereocenters. The van der Waals surface area contributed by atoms with Crippen LogP contribution in [0.1, 0.15) is 17.1 Å². The number of anilines is 1. The molecule has 2 heterocycles. The minimum absolute atomic E-state index is 0.366. The third-order valence-corrected chi connectivity index (χ3v) is 3.05. The van der Waals surface area contributed by atoms with E-state index >= 15 is 0 Å². The Morgan fingerprint density at radius 2 is 2.23 bits per heavy atom. The fourth-order valence-corrected chi connectivity index (χ4v) is 1.85. The first kappa shape index (κ1) is 15.6. The number of amides is 1. The highest BCUT2D eigenvalue weighted by molar-refractivity contribution is 5.95. The highest BCUT2D eigenvalue weighted by Gasteiger charge is 2.13. The second kappa shape index (κ2) is 6.75. The van der Waals surface area contributed by atoms with Gasteiger partial charge < -0.3 is 14.5 Å². The smallest absolute Gasteiger partial charge is 0.331 e. The molecule has 1 amide bonds. The number of hydrogen-bond donors (Lipinski definition) is 1. The van der Waals surface area contributed by atoms with Crippen molar-refractivity contribution in [3.63, 3.8) is 0 Å². The maximum atomic E-state index is 11.8. The molecule has 2 aromatic rings. The molecule has 0 aliphatic rings. The minimum atomic E-state index is -0.619. The van der Waals surface area contributed by atoms with Gasteiger partial charge in [-0.2, -0.15) is 5.10 Å². The van der Waals surface area contributed by atoms with Crippen LogP contribution in [-0.4, -0.2) is 28.3 Å². The largest absolute Gasteiger partial charge is 0.465 e. The summed E-state index contributed by atoms with van der Waals surface area (Å²) in [4.78, 5) is 23.3. The van der Waals surface area contributed by atoms with E-state index in [4.69, 9.17) is 9.15 Å². The van der Waals surface area contributed by atoms with Gasteiger partial charge >= 0.3 is 5.97 Å². The van der Waals surface area contributed by atoms with E-state index in [1.165, 1.54) is 18.4 Å². The van der Waals surface area contributed by atoms with Gasteiger partial charge in [0.2, 0.25) is 0 Å². The summed E-state index contributed by atoms with van der Waals surface area (Å²) >= 11 is 0. The minimum Gasteiger partial charge on any atom is -0.465 e. The van der Waals surface area contributed by atoms with Gasteiger partial charge in [0.05, 0.1) is 23.3 Å². The zero-order chi connectivity index (χ0) is 16.1. The first-order chi connectivity index (χ1) is 10.5. The van der Waals surface area contributed by atoms with Crippen molar-refractivity contribution in [1.82, 2.24) is 9.78 Å². The lowest BCUT2D eigenvalue weighted by atomic mass is 10.3. The Kier molecular flexibility index (Phi) is 4.77. The number of carbonyl (C=O) groups excluding carboxylic acids is 2. The maximum absolute atomic E-state index is 11.8. The zero-order valence-corrected chi connectivity index (χ0v) is 12.6. The van der Waals surface area contributed by atoms with Crippen molar-refractivity contribution in [3.05, 3.63) is 41.6 Å². The Bertz CT molecular complexity index is 699. The lowest BCUT2D eigenvalue weighted by Gasteiger charge is -2.05. The van der Waals surface area contributed by atoms with Gasteiger partial charge in [-0.25, -0.2) is 4.79 Å². The van der Waals surface area contributed by atoms with E-state index in [9.17, 15) is 9.59 Å².